The summed E-state index contributed by atoms with van der Waals surface area (Å²) in [5.41, 5.74) is 0.230. The van der Waals surface area contributed by atoms with Crippen molar-refractivity contribution in [2.45, 2.75) is 31.7 Å². The average Bonchev–Trinajstić information content (AvgIpc) is 2.46. The fraction of sp³-hybridized carbons (Fsp3) is 0.429. The van der Waals surface area contributed by atoms with Crippen LogP contribution in [0.25, 0.3) is 0 Å². The van der Waals surface area contributed by atoms with E-state index in [0.29, 0.717) is 12.3 Å². The van der Waals surface area contributed by atoms with Crippen molar-refractivity contribution in [2.75, 3.05) is 19.0 Å². The monoisotopic (exact) mass is 343 g/mol. The number of sulfonamides is 1. The number of anilines is 1. The lowest BCUT2D eigenvalue weighted by Gasteiger charge is -2.15. The van der Waals surface area contributed by atoms with Crippen molar-refractivity contribution in [3.63, 3.8) is 0 Å². The van der Waals surface area contributed by atoms with Crippen LogP contribution in [0, 0.1) is 0 Å². The third-order valence-corrected chi connectivity index (χ3v) is 4.41. The van der Waals surface area contributed by atoms with Gasteiger partial charge in [0.15, 0.2) is 0 Å². The SMILES string of the molecule is CCNC(=O)C(C)NS(=O)(=O)c1ccc(OC)c(NC(C)=O)c1. The van der Waals surface area contributed by atoms with Crippen LogP contribution in [-0.4, -0.2) is 39.9 Å². The smallest absolute Gasteiger partial charge is 0.241 e. The highest BCUT2D eigenvalue weighted by Gasteiger charge is 2.22. The first-order chi connectivity index (χ1) is 10.7. The Morgan fingerprint density at radius 3 is 2.48 bits per heavy atom. The number of amides is 2. The van der Waals surface area contributed by atoms with Crippen LogP contribution in [0.4, 0.5) is 5.69 Å². The molecular formula is C14H21N3O5S. The van der Waals surface area contributed by atoms with E-state index >= 15 is 0 Å². The number of rotatable bonds is 7. The van der Waals surface area contributed by atoms with Gasteiger partial charge in [-0.15, -0.1) is 0 Å². The summed E-state index contributed by atoms with van der Waals surface area (Å²) in [6, 6.07) is 3.10. The number of hydrogen-bond donors (Lipinski definition) is 3. The van der Waals surface area contributed by atoms with E-state index in [1.54, 1.807) is 6.92 Å². The van der Waals surface area contributed by atoms with E-state index in [1.807, 2.05) is 0 Å². The van der Waals surface area contributed by atoms with E-state index < -0.39 is 22.0 Å². The first-order valence-electron chi connectivity index (χ1n) is 6.97. The van der Waals surface area contributed by atoms with Gasteiger partial charge in [-0.05, 0) is 32.0 Å². The van der Waals surface area contributed by atoms with Crippen LogP contribution in [0.15, 0.2) is 23.1 Å². The molecule has 1 atom stereocenters. The van der Waals surface area contributed by atoms with Crippen LogP contribution in [0.1, 0.15) is 20.8 Å². The van der Waals surface area contributed by atoms with Crippen molar-refractivity contribution >= 4 is 27.5 Å². The van der Waals surface area contributed by atoms with Crippen LogP contribution in [-0.2, 0) is 19.6 Å². The summed E-state index contributed by atoms with van der Waals surface area (Å²) in [6.07, 6.45) is 0. The molecule has 1 aromatic carbocycles. The van der Waals surface area contributed by atoms with Crippen molar-refractivity contribution in [1.82, 2.24) is 10.0 Å². The zero-order chi connectivity index (χ0) is 17.6. The minimum Gasteiger partial charge on any atom is -0.495 e. The van der Waals surface area contributed by atoms with Gasteiger partial charge in [0.25, 0.3) is 0 Å². The molecule has 2 amide bonds. The van der Waals surface area contributed by atoms with E-state index in [4.69, 9.17) is 4.74 Å². The third-order valence-electron chi connectivity index (χ3n) is 2.87. The van der Waals surface area contributed by atoms with E-state index in [1.165, 1.54) is 39.2 Å². The lowest BCUT2D eigenvalue weighted by atomic mass is 10.3. The predicted molar refractivity (Wildman–Crippen MR) is 85.8 cm³/mol. The van der Waals surface area contributed by atoms with Crippen molar-refractivity contribution in [1.29, 1.82) is 0 Å². The molecule has 1 aromatic rings. The topological polar surface area (TPSA) is 114 Å². The molecule has 3 N–H and O–H groups in total. The first-order valence-corrected chi connectivity index (χ1v) is 8.45. The Kier molecular flexibility index (Phi) is 6.52. The van der Waals surface area contributed by atoms with Crippen LogP contribution in [0.3, 0.4) is 0 Å². The van der Waals surface area contributed by atoms with E-state index in [2.05, 4.69) is 15.4 Å². The molecule has 0 heterocycles. The van der Waals surface area contributed by atoms with E-state index in [9.17, 15) is 18.0 Å². The zero-order valence-corrected chi connectivity index (χ0v) is 14.3. The molecule has 23 heavy (non-hydrogen) atoms. The maximum absolute atomic E-state index is 12.3. The molecule has 0 saturated heterocycles. The van der Waals surface area contributed by atoms with Crippen LogP contribution < -0.4 is 20.1 Å². The van der Waals surface area contributed by atoms with Gasteiger partial charge in [0.05, 0.1) is 23.7 Å². The number of benzene rings is 1. The molecule has 9 heteroatoms. The Morgan fingerprint density at radius 2 is 1.96 bits per heavy atom. The van der Waals surface area contributed by atoms with E-state index in [-0.39, 0.29) is 16.5 Å². The molecule has 0 aliphatic carbocycles. The molecule has 0 fully saturated rings. The van der Waals surface area contributed by atoms with Crippen LogP contribution in [0.5, 0.6) is 5.75 Å². The van der Waals surface area contributed by atoms with Gasteiger partial charge < -0.3 is 15.4 Å². The van der Waals surface area contributed by atoms with Crippen molar-refractivity contribution in [3.8, 4) is 5.75 Å². The minimum atomic E-state index is -3.92. The molecule has 0 spiro atoms. The van der Waals surface area contributed by atoms with Gasteiger partial charge in [-0.25, -0.2) is 8.42 Å². The molecule has 128 valence electrons. The predicted octanol–water partition coefficient (Wildman–Crippen LogP) is 0.456. The first kappa shape index (κ1) is 18.9. The Bertz CT molecular complexity index is 688. The van der Waals surface area contributed by atoms with Crippen molar-refractivity contribution in [2.24, 2.45) is 0 Å². The summed E-state index contributed by atoms with van der Waals surface area (Å²) in [5.74, 6) is -0.455. The molecule has 1 rings (SSSR count). The third kappa shape index (κ3) is 5.22. The van der Waals surface area contributed by atoms with Crippen molar-refractivity contribution in [3.05, 3.63) is 18.2 Å². The van der Waals surface area contributed by atoms with Gasteiger partial charge in [0, 0.05) is 13.5 Å². The highest BCUT2D eigenvalue weighted by molar-refractivity contribution is 7.89. The standard InChI is InChI=1S/C14H21N3O5S/c1-5-15-14(19)9(2)17-23(20,21)11-6-7-13(22-4)12(8-11)16-10(3)18/h6-9,17H,5H2,1-4H3,(H,15,19)(H,16,18). The number of carbonyl (C=O) groups excluding carboxylic acids is 2. The fourth-order valence-electron chi connectivity index (χ4n) is 1.82. The molecule has 0 aromatic heterocycles. The molecule has 0 bridgehead atoms. The van der Waals surface area contributed by atoms with Crippen molar-refractivity contribution < 1.29 is 22.7 Å². The Morgan fingerprint density at radius 1 is 1.30 bits per heavy atom. The minimum absolute atomic E-state index is 0.0850. The summed E-state index contributed by atoms with van der Waals surface area (Å²) in [7, 11) is -2.52. The maximum Gasteiger partial charge on any atom is 0.241 e. The quantitative estimate of drug-likeness (QED) is 0.665. The molecule has 0 aliphatic rings. The second kappa shape index (κ2) is 7.93. The van der Waals surface area contributed by atoms with E-state index in [0.717, 1.165) is 0 Å². The normalized spacial score (nSPS) is 12.3. The largest absolute Gasteiger partial charge is 0.495 e. The van der Waals surface area contributed by atoms with Crippen LogP contribution >= 0.6 is 0 Å². The van der Waals surface area contributed by atoms with Gasteiger partial charge in [-0.3, -0.25) is 9.59 Å². The number of hydrogen-bond acceptors (Lipinski definition) is 5. The Labute approximate surface area is 135 Å². The number of ether oxygens (including phenoxy) is 1. The number of methoxy groups -OCH3 is 1. The molecular weight excluding hydrogens is 322 g/mol. The summed E-state index contributed by atoms with van der Waals surface area (Å²) < 4.78 is 32.0. The van der Waals surface area contributed by atoms with Gasteiger partial charge >= 0.3 is 0 Å². The second-order valence-corrected chi connectivity index (χ2v) is 6.49. The summed E-state index contributed by atoms with van der Waals surface area (Å²) >= 11 is 0. The molecule has 0 radical (unpaired) electrons. The number of likely N-dealkylation sites (N-methyl/N-ethyl adjacent to an activating group) is 1. The second-order valence-electron chi connectivity index (χ2n) is 4.78. The average molecular weight is 343 g/mol. The van der Waals surface area contributed by atoms with Gasteiger partial charge in [-0.1, -0.05) is 0 Å². The lowest BCUT2D eigenvalue weighted by molar-refractivity contribution is -0.122. The highest BCUT2D eigenvalue weighted by atomic mass is 32.2. The van der Waals surface area contributed by atoms with Gasteiger partial charge in [0.2, 0.25) is 21.8 Å². The summed E-state index contributed by atoms with van der Waals surface area (Å²) in [6.45, 7) is 4.89. The van der Waals surface area contributed by atoms with Gasteiger partial charge in [0.1, 0.15) is 5.75 Å². The fourth-order valence-corrected chi connectivity index (χ4v) is 3.05. The lowest BCUT2D eigenvalue weighted by Crippen LogP contribution is -2.44. The van der Waals surface area contributed by atoms with Crippen LogP contribution in [0.2, 0.25) is 0 Å². The summed E-state index contributed by atoms with van der Waals surface area (Å²) in [4.78, 5) is 22.8. The highest BCUT2D eigenvalue weighted by Crippen LogP contribution is 2.27. The molecule has 0 aliphatic heterocycles. The Balaban J connectivity index is 3.08. The zero-order valence-electron chi connectivity index (χ0n) is 13.5. The Hall–Kier alpha value is -2.13. The summed E-state index contributed by atoms with van der Waals surface area (Å²) in [5, 5.41) is 5.03. The number of nitrogens with one attached hydrogen (secondary N) is 3. The molecule has 1 unspecified atom stereocenters. The molecule has 8 nitrogen and oxygen atoms in total. The van der Waals surface area contributed by atoms with Gasteiger partial charge in [-0.2, -0.15) is 4.72 Å². The molecule has 0 saturated carbocycles. The number of carbonyl (C=O) groups is 2. The maximum atomic E-state index is 12.3.